The molecule has 4 rings (SSSR count). The molecule has 10 heteroatoms. The number of carbonyl (C=O) groups excluding carboxylic acids is 1. The van der Waals surface area contributed by atoms with E-state index in [4.69, 9.17) is 11.6 Å². The Morgan fingerprint density at radius 3 is 2.61 bits per heavy atom. The van der Waals surface area contributed by atoms with E-state index in [1.807, 2.05) is 18.2 Å². The minimum Gasteiger partial charge on any atom is -0.324 e. The number of fused-ring (bicyclic) bond motifs is 1. The molecule has 0 bridgehead atoms. The topological polar surface area (TPSA) is 106 Å². The molecule has 4 aromatic rings. The van der Waals surface area contributed by atoms with E-state index in [9.17, 15) is 13.2 Å². The van der Waals surface area contributed by atoms with Crippen LogP contribution in [0.15, 0.2) is 71.6 Å². The van der Waals surface area contributed by atoms with Gasteiger partial charge in [0.05, 0.1) is 21.1 Å². The van der Waals surface area contributed by atoms with E-state index in [0.717, 1.165) is 5.52 Å². The Morgan fingerprint density at radius 2 is 1.81 bits per heavy atom. The van der Waals surface area contributed by atoms with Crippen molar-refractivity contribution < 1.29 is 13.2 Å². The molecule has 0 aliphatic carbocycles. The van der Waals surface area contributed by atoms with Gasteiger partial charge in [-0.3, -0.25) is 9.52 Å². The molecule has 31 heavy (non-hydrogen) atoms. The standard InChI is InChI=1S/C21H18ClN5O3S/c1-14-10-11-15(12-20(14)31(29,30)25-17-7-3-2-6-16(17)22)23-21(28)13-27-19-9-5-4-8-18(19)24-26-27/h2-12,25H,13H2,1H3,(H,23,28). The van der Waals surface area contributed by atoms with Crippen LogP contribution in [-0.4, -0.2) is 29.3 Å². The van der Waals surface area contributed by atoms with Crippen LogP contribution < -0.4 is 10.0 Å². The van der Waals surface area contributed by atoms with Crippen LogP contribution in [0.3, 0.4) is 0 Å². The van der Waals surface area contributed by atoms with Crippen LogP contribution in [0.25, 0.3) is 11.0 Å². The van der Waals surface area contributed by atoms with Crippen molar-refractivity contribution in [3.05, 3.63) is 77.3 Å². The number of anilines is 2. The second kappa shape index (κ2) is 8.37. The Balaban J connectivity index is 1.54. The summed E-state index contributed by atoms with van der Waals surface area (Å²) in [6.45, 7) is 1.61. The van der Waals surface area contributed by atoms with Crippen LogP contribution >= 0.6 is 11.6 Å². The fourth-order valence-corrected chi connectivity index (χ4v) is 4.67. The van der Waals surface area contributed by atoms with E-state index >= 15 is 0 Å². The van der Waals surface area contributed by atoms with Gasteiger partial charge < -0.3 is 5.32 Å². The summed E-state index contributed by atoms with van der Waals surface area (Å²) in [5.74, 6) is -0.359. The number of carbonyl (C=O) groups is 1. The zero-order chi connectivity index (χ0) is 22.0. The lowest BCUT2D eigenvalue weighted by molar-refractivity contribution is -0.116. The number of nitrogens with zero attached hydrogens (tertiary/aromatic N) is 3. The Labute approximate surface area is 183 Å². The maximum Gasteiger partial charge on any atom is 0.262 e. The van der Waals surface area contributed by atoms with Crippen molar-refractivity contribution in [3.63, 3.8) is 0 Å². The molecule has 0 spiro atoms. The van der Waals surface area contributed by atoms with Gasteiger partial charge in [0.1, 0.15) is 12.1 Å². The van der Waals surface area contributed by atoms with Crippen LogP contribution in [0.5, 0.6) is 0 Å². The van der Waals surface area contributed by atoms with Gasteiger partial charge in [-0.05, 0) is 48.9 Å². The molecule has 1 aromatic heterocycles. The van der Waals surface area contributed by atoms with E-state index in [1.165, 1.54) is 10.7 Å². The Kier molecular flexibility index (Phi) is 5.62. The quantitative estimate of drug-likeness (QED) is 0.459. The van der Waals surface area contributed by atoms with Crippen LogP contribution in [0, 0.1) is 6.92 Å². The third-order valence-corrected chi connectivity index (χ3v) is 6.43. The van der Waals surface area contributed by atoms with Crippen molar-refractivity contribution in [2.45, 2.75) is 18.4 Å². The molecular formula is C21H18ClN5O3S. The second-order valence-electron chi connectivity index (χ2n) is 6.85. The molecule has 0 saturated heterocycles. The van der Waals surface area contributed by atoms with Crippen molar-refractivity contribution >= 4 is 49.9 Å². The third-order valence-electron chi connectivity index (χ3n) is 4.59. The van der Waals surface area contributed by atoms with E-state index in [0.29, 0.717) is 16.8 Å². The highest BCUT2D eigenvalue weighted by atomic mass is 35.5. The van der Waals surface area contributed by atoms with E-state index in [1.54, 1.807) is 49.4 Å². The van der Waals surface area contributed by atoms with E-state index in [-0.39, 0.29) is 28.1 Å². The lowest BCUT2D eigenvalue weighted by Gasteiger charge is -2.13. The zero-order valence-corrected chi connectivity index (χ0v) is 18.0. The summed E-state index contributed by atoms with van der Waals surface area (Å²) >= 11 is 6.07. The van der Waals surface area contributed by atoms with Gasteiger partial charge in [0.25, 0.3) is 10.0 Å². The fraction of sp³-hybridized carbons (Fsp3) is 0.0952. The zero-order valence-electron chi connectivity index (χ0n) is 16.4. The summed E-state index contributed by atoms with van der Waals surface area (Å²) in [7, 11) is -3.92. The molecule has 1 heterocycles. The number of hydrogen-bond donors (Lipinski definition) is 2. The van der Waals surface area contributed by atoms with Crippen LogP contribution in [0.2, 0.25) is 5.02 Å². The number of benzene rings is 3. The largest absolute Gasteiger partial charge is 0.324 e. The van der Waals surface area contributed by atoms with E-state index in [2.05, 4.69) is 20.4 Å². The van der Waals surface area contributed by atoms with Crippen molar-refractivity contribution in [3.8, 4) is 0 Å². The lowest BCUT2D eigenvalue weighted by atomic mass is 10.2. The van der Waals surface area contributed by atoms with Crippen LogP contribution in [0.1, 0.15) is 5.56 Å². The summed E-state index contributed by atoms with van der Waals surface area (Å²) in [5, 5.41) is 11.0. The van der Waals surface area contributed by atoms with Gasteiger partial charge in [-0.25, -0.2) is 13.1 Å². The summed E-state index contributed by atoms with van der Waals surface area (Å²) in [5.41, 5.74) is 2.56. The van der Waals surface area contributed by atoms with Crippen molar-refractivity contribution in [1.82, 2.24) is 15.0 Å². The number of nitrogens with one attached hydrogen (secondary N) is 2. The maximum absolute atomic E-state index is 12.9. The Morgan fingerprint density at radius 1 is 1.06 bits per heavy atom. The third kappa shape index (κ3) is 4.52. The number of rotatable bonds is 6. The first-order valence-corrected chi connectivity index (χ1v) is 11.2. The van der Waals surface area contributed by atoms with Crippen molar-refractivity contribution in [2.75, 3.05) is 10.0 Å². The minimum absolute atomic E-state index is 0.0384. The van der Waals surface area contributed by atoms with Gasteiger partial charge in [0.2, 0.25) is 5.91 Å². The first-order valence-electron chi connectivity index (χ1n) is 9.29. The number of halogens is 1. The molecule has 3 aromatic carbocycles. The number of amides is 1. The Bertz CT molecular complexity index is 1380. The molecule has 8 nitrogen and oxygen atoms in total. The molecule has 1 amide bonds. The van der Waals surface area contributed by atoms with Crippen LogP contribution in [0.4, 0.5) is 11.4 Å². The van der Waals surface area contributed by atoms with Gasteiger partial charge >= 0.3 is 0 Å². The molecule has 0 saturated carbocycles. The van der Waals surface area contributed by atoms with Crippen LogP contribution in [-0.2, 0) is 21.4 Å². The molecule has 0 atom stereocenters. The molecule has 158 valence electrons. The predicted molar refractivity (Wildman–Crippen MR) is 120 cm³/mol. The normalized spacial score (nSPS) is 11.4. The average molecular weight is 456 g/mol. The highest BCUT2D eigenvalue weighted by Crippen LogP contribution is 2.27. The molecule has 0 radical (unpaired) electrons. The maximum atomic E-state index is 12.9. The predicted octanol–water partition coefficient (Wildman–Crippen LogP) is 3.83. The smallest absolute Gasteiger partial charge is 0.262 e. The summed E-state index contributed by atoms with van der Waals surface area (Å²) in [6.07, 6.45) is 0. The van der Waals surface area contributed by atoms with Crippen molar-refractivity contribution in [1.29, 1.82) is 0 Å². The van der Waals surface area contributed by atoms with Crippen molar-refractivity contribution in [2.24, 2.45) is 0 Å². The average Bonchev–Trinajstić information content (AvgIpc) is 3.14. The molecule has 0 aliphatic rings. The number of aromatic nitrogens is 3. The lowest BCUT2D eigenvalue weighted by Crippen LogP contribution is -2.20. The summed E-state index contributed by atoms with van der Waals surface area (Å²) in [6, 6.07) is 18.5. The van der Waals surface area contributed by atoms with E-state index < -0.39 is 10.0 Å². The first kappa shape index (κ1) is 20.8. The molecular weight excluding hydrogens is 438 g/mol. The number of aryl methyl sites for hydroxylation is 1. The van der Waals surface area contributed by atoms with Gasteiger partial charge in [-0.1, -0.05) is 47.1 Å². The molecule has 0 unspecified atom stereocenters. The number of sulfonamides is 1. The fourth-order valence-electron chi connectivity index (χ4n) is 3.08. The SMILES string of the molecule is Cc1ccc(NC(=O)Cn2nnc3ccccc32)cc1S(=O)(=O)Nc1ccccc1Cl. The highest BCUT2D eigenvalue weighted by molar-refractivity contribution is 7.92. The molecule has 0 fully saturated rings. The summed E-state index contributed by atoms with van der Waals surface area (Å²) in [4.78, 5) is 12.6. The second-order valence-corrected chi connectivity index (χ2v) is 8.91. The van der Waals surface area contributed by atoms with Gasteiger partial charge in [0.15, 0.2) is 0 Å². The summed E-state index contributed by atoms with van der Waals surface area (Å²) < 4.78 is 29.8. The van der Waals surface area contributed by atoms with Gasteiger partial charge in [0, 0.05) is 5.69 Å². The highest BCUT2D eigenvalue weighted by Gasteiger charge is 2.19. The monoisotopic (exact) mass is 455 g/mol. The number of hydrogen-bond acceptors (Lipinski definition) is 5. The first-order chi connectivity index (χ1) is 14.8. The van der Waals surface area contributed by atoms with Gasteiger partial charge in [-0.15, -0.1) is 5.10 Å². The minimum atomic E-state index is -3.92. The number of para-hydroxylation sites is 2. The molecule has 2 N–H and O–H groups in total. The van der Waals surface area contributed by atoms with Gasteiger partial charge in [-0.2, -0.15) is 0 Å². The molecule has 0 aliphatic heterocycles. The Hall–Kier alpha value is -3.43.